The van der Waals surface area contributed by atoms with Crippen LogP contribution in [0, 0.1) is 10.1 Å². The summed E-state index contributed by atoms with van der Waals surface area (Å²) in [6, 6.07) is 5.28. The van der Waals surface area contributed by atoms with Gasteiger partial charge in [0.25, 0.3) is 5.69 Å². The number of ether oxygens (including phenoxy) is 1. The maximum absolute atomic E-state index is 11.1. The number of nitrogens with two attached hydrogens (primary N) is 2. The number of benzene rings is 1. The van der Waals surface area contributed by atoms with E-state index < -0.39 is 10.9 Å². The Morgan fingerprint density at radius 3 is 1.91 bits per heavy atom. The van der Waals surface area contributed by atoms with Crippen LogP contribution in [0.15, 0.2) is 24.3 Å². The third kappa shape index (κ3) is 11.5. The highest BCUT2D eigenvalue weighted by molar-refractivity contribution is 5.89. The number of nitrogens with zero attached hydrogens (tertiary/aromatic N) is 1. The van der Waals surface area contributed by atoms with Crippen LogP contribution in [0.4, 0.5) is 5.69 Å². The van der Waals surface area contributed by atoms with Gasteiger partial charge in [0.05, 0.1) is 17.1 Å². The molecular weight excluding hydrogens is 322 g/mol. The highest BCUT2D eigenvalue weighted by atomic mass is 35.5. The first-order chi connectivity index (χ1) is 10.6. The number of hydrogen-bond acceptors (Lipinski definition) is 6. The Hall–Kier alpha value is -1.70. The molecule has 0 bridgehead atoms. The Morgan fingerprint density at radius 2 is 1.57 bits per heavy atom. The molecule has 0 atom stereocenters. The number of hydrogen-bond donors (Lipinski definition) is 2. The number of nitro benzene ring substituents is 1. The molecule has 1 rings (SSSR count). The Kier molecular flexibility index (Phi) is 15.6. The molecule has 0 spiro atoms. The van der Waals surface area contributed by atoms with Crippen LogP contribution in [0.3, 0.4) is 0 Å². The van der Waals surface area contributed by atoms with Crippen molar-refractivity contribution < 1.29 is 14.5 Å². The lowest BCUT2D eigenvalue weighted by Crippen LogP contribution is -2.04. The SMILES string of the molecule is CCOC(=O)c1ccc([N+](=O)[O-])cc1.Cl.NCCCCCCN. The van der Waals surface area contributed by atoms with E-state index in [1.807, 2.05) is 0 Å². The molecule has 0 heterocycles. The number of halogens is 1. The number of unbranched alkanes of at least 4 members (excludes halogenated alkanes) is 3. The predicted molar refractivity (Wildman–Crippen MR) is 92.9 cm³/mol. The molecule has 4 N–H and O–H groups in total. The summed E-state index contributed by atoms with van der Waals surface area (Å²) in [5.74, 6) is -0.470. The third-order valence-corrected chi connectivity index (χ3v) is 2.75. The molecule has 132 valence electrons. The average Bonchev–Trinajstić information content (AvgIpc) is 2.52. The van der Waals surface area contributed by atoms with Crippen molar-refractivity contribution >= 4 is 24.1 Å². The van der Waals surface area contributed by atoms with Crippen LogP contribution in [0.1, 0.15) is 43.0 Å². The molecule has 7 nitrogen and oxygen atoms in total. The van der Waals surface area contributed by atoms with Crippen molar-refractivity contribution in [2.75, 3.05) is 19.7 Å². The average molecular weight is 348 g/mol. The van der Waals surface area contributed by atoms with Gasteiger partial charge in [0, 0.05) is 12.1 Å². The number of non-ortho nitro benzene ring substituents is 1. The van der Waals surface area contributed by atoms with Gasteiger partial charge in [-0.25, -0.2) is 4.79 Å². The molecule has 0 saturated heterocycles. The molecule has 0 fully saturated rings. The minimum absolute atomic E-state index is 0. The summed E-state index contributed by atoms with van der Waals surface area (Å²) in [4.78, 5) is 20.9. The van der Waals surface area contributed by atoms with Crippen molar-refractivity contribution in [2.45, 2.75) is 32.6 Å². The molecule has 0 radical (unpaired) electrons. The van der Waals surface area contributed by atoms with Crippen LogP contribution in [0.2, 0.25) is 0 Å². The summed E-state index contributed by atoms with van der Waals surface area (Å²) < 4.78 is 4.72. The fourth-order valence-corrected chi connectivity index (χ4v) is 1.58. The molecule has 0 aliphatic carbocycles. The molecule has 1 aromatic rings. The second-order valence-electron chi connectivity index (χ2n) is 4.52. The summed E-state index contributed by atoms with van der Waals surface area (Å²) in [5.41, 5.74) is 10.8. The van der Waals surface area contributed by atoms with Gasteiger partial charge in [-0.1, -0.05) is 12.8 Å². The monoisotopic (exact) mass is 347 g/mol. The van der Waals surface area contributed by atoms with Gasteiger partial charge in [0.15, 0.2) is 0 Å². The van der Waals surface area contributed by atoms with Crippen molar-refractivity contribution in [3.63, 3.8) is 0 Å². The zero-order chi connectivity index (χ0) is 16.8. The molecular formula is C15H26ClN3O4. The quantitative estimate of drug-likeness (QED) is 0.322. The van der Waals surface area contributed by atoms with E-state index in [0.717, 1.165) is 25.9 Å². The fourth-order valence-electron chi connectivity index (χ4n) is 1.58. The van der Waals surface area contributed by atoms with Gasteiger partial charge in [-0.3, -0.25) is 10.1 Å². The Bertz CT molecular complexity index is 435. The van der Waals surface area contributed by atoms with Gasteiger partial charge in [0.1, 0.15) is 0 Å². The van der Waals surface area contributed by atoms with Crippen molar-refractivity contribution in [3.8, 4) is 0 Å². The molecule has 0 aliphatic rings. The number of carbonyl (C=O) groups is 1. The van der Waals surface area contributed by atoms with Crippen LogP contribution in [-0.4, -0.2) is 30.6 Å². The highest BCUT2D eigenvalue weighted by Crippen LogP contribution is 2.12. The van der Waals surface area contributed by atoms with Crippen LogP contribution in [0.5, 0.6) is 0 Å². The lowest BCUT2D eigenvalue weighted by molar-refractivity contribution is -0.384. The zero-order valence-electron chi connectivity index (χ0n) is 13.4. The first-order valence-corrected chi connectivity index (χ1v) is 7.38. The van der Waals surface area contributed by atoms with E-state index in [4.69, 9.17) is 16.2 Å². The molecule has 23 heavy (non-hydrogen) atoms. The fraction of sp³-hybridized carbons (Fsp3) is 0.533. The number of rotatable bonds is 8. The molecule has 0 unspecified atom stereocenters. The van der Waals surface area contributed by atoms with Gasteiger partial charge >= 0.3 is 5.97 Å². The van der Waals surface area contributed by atoms with E-state index in [1.54, 1.807) is 6.92 Å². The molecule has 0 saturated carbocycles. The van der Waals surface area contributed by atoms with Crippen molar-refractivity contribution in [1.29, 1.82) is 0 Å². The van der Waals surface area contributed by atoms with E-state index in [-0.39, 0.29) is 24.7 Å². The lowest BCUT2D eigenvalue weighted by atomic mass is 10.2. The third-order valence-electron chi connectivity index (χ3n) is 2.75. The topological polar surface area (TPSA) is 121 Å². The molecule has 1 aromatic carbocycles. The molecule has 0 aliphatic heterocycles. The van der Waals surface area contributed by atoms with Crippen LogP contribution < -0.4 is 11.5 Å². The first-order valence-electron chi connectivity index (χ1n) is 7.38. The van der Waals surface area contributed by atoms with Crippen molar-refractivity contribution in [2.24, 2.45) is 11.5 Å². The Morgan fingerprint density at radius 1 is 1.09 bits per heavy atom. The summed E-state index contributed by atoms with van der Waals surface area (Å²) >= 11 is 0. The normalized spacial score (nSPS) is 9.17. The summed E-state index contributed by atoms with van der Waals surface area (Å²) in [5, 5.41) is 10.3. The lowest BCUT2D eigenvalue weighted by Gasteiger charge is -2.00. The largest absolute Gasteiger partial charge is 0.462 e. The van der Waals surface area contributed by atoms with Crippen molar-refractivity contribution in [3.05, 3.63) is 39.9 Å². The maximum Gasteiger partial charge on any atom is 0.338 e. The van der Waals surface area contributed by atoms with Crippen LogP contribution >= 0.6 is 12.4 Å². The van der Waals surface area contributed by atoms with E-state index in [9.17, 15) is 14.9 Å². The summed E-state index contributed by atoms with van der Waals surface area (Å²) in [6.45, 7) is 3.63. The van der Waals surface area contributed by atoms with E-state index in [1.165, 1.54) is 37.1 Å². The second kappa shape index (κ2) is 15.2. The van der Waals surface area contributed by atoms with Gasteiger partial charge in [0.2, 0.25) is 0 Å². The Labute approximate surface area is 142 Å². The molecule has 0 amide bonds. The molecule has 0 aromatic heterocycles. The predicted octanol–water partition coefficient (Wildman–Crippen LogP) is 2.66. The first kappa shape index (κ1) is 23.6. The number of nitro groups is 1. The van der Waals surface area contributed by atoms with Gasteiger partial charge in [-0.15, -0.1) is 12.4 Å². The minimum atomic E-state index is -0.519. The van der Waals surface area contributed by atoms with Crippen LogP contribution in [0.25, 0.3) is 0 Å². The standard InChI is InChI=1S/C9H9NO4.C6H16N2.ClH/c1-2-14-9(11)7-3-5-8(6-4-7)10(12)13;7-5-3-1-2-4-6-8;/h3-6H,2H2,1H3;1-8H2;1H. The number of carbonyl (C=O) groups excluding carboxylic acids is 1. The highest BCUT2D eigenvalue weighted by Gasteiger charge is 2.09. The minimum Gasteiger partial charge on any atom is -0.462 e. The van der Waals surface area contributed by atoms with E-state index in [0.29, 0.717) is 5.56 Å². The van der Waals surface area contributed by atoms with Crippen LogP contribution in [-0.2, 0) is 4.74 Å². The van der Waals surface area contributed by atoms with Crippen molar-refractivity contribution in [1.82, 2.24) is 0 Å². The Balaban J connectivity index is 0. The van der Waals surface area contributed by atoms with E-state index >= 15 is 0 Å². The summed E-state index contributed by atoms with van der Waals surface area (Å²) in [6.07, 6.45) is 4.79. The zero-order valence-corrected chi connectivity index (χ0v) is 14.2. The summed E-state index contributed by atoms with van der Waals surface area (Å²) in [7, 11) is 0. The molecule has 8 heteroatoms. The smallest absolute Gasteiger partial charge is 0.338 e. The second-order valence-corrected chi connectivity index (χ2v) is 4.52. The van der Waals surface area contributed by atoms with Gasteiger partial charge < -0.3 is 16.2 Å². The van der Waals surface area contributed by atoms with Gasteiger partial charge in [-0.2, -0.15) is 0 Å². The van der Waals surface area contributed by atoms with E-state index in [2.05, 4.69) is 0 Å². The van der Waals surface area contributed by atoms with Gasteiger partial charge in [-0.05, 0) is 45.0 Å². The maximum atomic E-state index is 11.1. The number of esters is 1.